The summed E-state index contributed by atoms with van der Waals surface area (Å²) in [6.07, 6.45) is -0.504. The SMILES string of the molecule is O=C(Nc1cc2c(cc1Cl)OCO2)C1CNCCO1. The lowest BCUT2D eigenvalue weighted by Gasteiger charge is -2.22. The highest BCUT2D eigenvalue weighted by Gasteiger charge is 2.24. The van der Waals surface area contributed by atoms with Crippen LogP contribution in [0.25, 0.3) is 0 Å². The molecule has 1 aromatic carbocycles. The van der Waals surface area contributed by atoms with Crippen LogP contribution in [-0.4, -0.2) is 38.5 Å². The Labute approximate surface area is 115 Å². The molecule has 2 heterocycles. The molecule has 1 atom stereocenters. The number of hydrogen-bond donors (Lipinski definition) is 2. The van der Waals surface area contributed by atoms with Crippen molar-refractivity contribution >= 4 is 23.2 Å². The van der Waals surface area contributed by atoms with Gasteiger partial charge in [0.15, 0.2) is 11.5 Å². The Morgan fingerprint density at radius 1 is 1.37 bits per heavy atom. The second-order valence-electron chi connectivity index (χ2n) is 4.24. The van der Waals surface area contributed by atoms with Crippen LogP contribution in [0.1, 0.15) is 0 Å². The van der Waals surface area contributed by atoms with Crippen molar-refractivity contribution in [2.75, 3.05) is 31.8 Å². The van der Waals surface area contributed by atoms with Gasteiger partial charge in [0.25, 0.3) is 5.91 Å². The third-order valence-electron chi connectivity index (χ3n) is 2.94. The molecule has 6 nitrogen and oxygen atoms in total. The number of benzene rings is 1. The predicted octanol–water partition coefficient (Wildman–Crippen LogP) is 0.996. The zero-order valence-corrected chi connectivity index (χ0v) is 10.8. The fourth-order valence-corrected chi connectivity index (χ4v) is 2.16. The highest BCUT2D eigenvalue weighted by molar-refractivity contribution is 6.34. The van der Waals surface area contributed by atoms with Gasteiger partial charge in [-0.1, -0.05) is 11.6 Å². The van der Waals surface area contributed by atoms with E-state index in [1.54, 1.807) is 12.1 Å². The van der Waals surface area contributed by atoms with Gasteiger partial charge in [-0.3, -0.25) is 4.79 Å². The monoisotopic (exact) mass is 284 g/mol. The van der Waals surface area contributed by atoms with E-state index in [0.29, 0.717) is 35.4 Å². The number of amides is 1. The Balaban J connectivity index is 1.74. The smallest absolute Gasteiger partial charge is 0.254 e. The Morgan fingerprint density at radius 3 is 2.89 bits per heavy atom. The molecule has 1 unspecified atom stereocenters. The van der Waals surface area contributed by atoms with E-state index in [0.717, 1.165) is 6.54 Å². The molecule has 2 aliphatic heterocycles. The van der Waals surface area contributed by atoms with Gasteiger partial charge in [-0.25, -0.2) is 0 Å². The topological polar surface area (TPSA) is 68.8 Å². The van der Waals surface area contributed by atoms with E-state index < -0.39 is 6.10 Å². The summed E-state index contributed by atoms with van der Waals surface area (Å²) in [6, 6.07) is 3.28. The molecule has 1 amide bonds. The molecular formula is C12H13ClN2O4. The minimum absolute atomic E-state index is 0.165. The van der Waals surface area contributed by atoms with Gasteiger partial charge < -0.3 is 24.8 Å². The number of halogens is 1. The quantitative estimate of drug-likeness (QED) is 0.848. The summed E-state index contributed by atoms with van der Waals surface area (Å²) in [7, 11) is 0. The van der Waals surface area contributed by atoms with Gasteiger partial charge in [-0.2, -0.15) is 0 Å². The van der Waals surface area contributed by atoms with E-state index in [1.807, 2.05) is 0 Å². The molecule has 1 fully saturated rings. The standard InChI is InChI=1S/C12H13ClN2O4/c13-7-3-9-10(19-6-18-9)4-8(7)15-12(16)11-5-14-1-2-17-11/h3-4,11,14H,1-2,5-6H2,(H,15,16). The van der Waals surface area contributed by atoms with Crippen LogP contribution in [0.2, 0.25) is 5.02 Å². The Bertz CT molecular complexity index is 503. The highest BCUT2D eigenvalue weighted by atomic mass is 35.5. The van der Waals surface area contributed by atoms with Gasteiger partial charge in [0.05, 0.1) is 17.3 Å². The molecule has 2 aliphatic rings. The zero-order chi connectivity index (χ0) is 13.2. The van der Waals surface area contributed by atoms with Crippen LogP contribution in [0.15, 0.2) is 12.1 Å². The lowest BCUT2D eigenvalue weighted by atomic mass is 10.2. The molecule has 0 spiro atoms. The minimum atomic E-state index is -0.504. The number of anilines is 1. The van der Waals surface area contributed by atoms with Crippen molar-refractivity contribution in [1.29, 1.82) is 0 Å². The van der Waals surface area contributed by atoms with Crippen LogP contribution in [0.4, 0.5) is 5.69 Å². The second kappa shape index (κ2) is 5.24. The van der Waals surface area contributed by atoms with Crippen LogP contribution in [0.5, 0.6) is 11.5 Å². The van der Waals surface area contributed by atoms with Crippen LogP contribution < -0.4 is 20.1 Å². The molecule has 102 valence electrons. The van der Waals surface area contributed by atoms with Gasteiger partial charge in [0.2, 0.25) is 6.79 Å². The lowest BCUT2D eigenvalue weighted by molar-refractivity contribution is -0.128. The summed E-state index contributed by atoms with van der Waals surface area (Å²) in [6.45, 7) is 1.94. The largest absolute Gasteiger partial charge is 0.454 e. The number of carbonyl (C=O) groups is 1. The third-order valence-corrected chi connectivity index (χ3v) is 3.25. The van der Waals surface area contributed by atoms with Gasteiger partial charge in [0, 0.05) is 25.2 Å². The first kappa shape index (κ1) is 12.5. The second-order valence-corrected chi connectivity index (χ2v) is 4.65. The molecule has 0 aromatic heterocycles. The average molecular weight is 285 g/mol. The molecule has 1 saturated heterocycles. The van der Waals surface area contributed by atoms with Crippen LogP contribution in [0.3, 0.4) is 0 Å². The average Bonchev–Trinajstić information content (AvgIpc) is 2.87. The molecule has 19 heavy (non-hydrogen) atoms. The van der Waals surface area contributed by atoms with Crippen molar-refractivity contribution in [1.82, 2.24) is 5.32 Å². The van der Waals surface area contributed by atoms with Crippen molar-refractivity contribution in [2.45, 2.75) is 6.10 Å². The van der Waals surface area contributed by atoms with E-state index in [9.17, 15) is 4.79 Å². The third kappa shape index (κ3) is 2.60. The maximum Gasteiger partial charge on any atom is 0.254 e. The molecule has 1 aromatic rings. The van der Waals surface area contributed by atoms with Crippen LogP contribution >= 0.6 is 11.6 Å². The first-order chi connectivity index (χ1) is 9.24. The first-order valence-electron chi connectivity index (χ1n) is 5.96. The Kier molecular flexibility index (Phi) is 3.46. The Hall–Kier alpha value is -1.50. The normalized spacial score (nSPS) is 21.2. The van der Waals surface area contributed by atoms with E-state index in [1.165, 1.54) is 0 Å². The molecule has 7 heteroatoms. The first-order valence-corrected chi connectivity index (χ1v) is 6.34. The van der Waals surface area contributed by atoms with Crippen molar-refractivity contribution in [3.63, 3.8) is 0 Å². The van der Waals surface area contributed by atoms with Crippen molar-refractivity contribution in [3.8, 4) is 11.5 Å². The fraction of sp³-hybridized carbons (Fsp3) is 0.417. The van der Waals surface area contributed by atoms with Crippen molar-refractivity contribution < 1.29 is 19.0 Å². The molecule has 3 rings (SSSR count). The lowest BCUT2D eigenvalue weighted by Crippen LogP contribution is -2.45. The molecule has 0 bridgehead atoms. The number of carbonyl (C=O) groups excluding carboxylic acids is 1. The molecule has 2 N–H and O–H groups in total. The maximum atomic E-state index is 12.0. The molecule has 0 saturated carbocycles. The number of fused-ring (bicyclic) bond motifs is 1. The number of nitrogens with one attached hydrogen (secondary N) is 2. The summed E-state index contributed by atoms with van der Waals surface area (Å²) in [5, 5.41) is 6.24. The summed E-state index contributed by atoms with van der Waals surface area (Å²) < 4.78 is 15.8. The van der Waals surface area contributed by atoms with Crippen molar-refractivity contribution in [3.05, 3.63) is 17.2 Å². The number of morpholine rings is 1. The molecule has 0 aliphatic carbocycles. The molecular weight excluding hydrogens is 272 g/mol. The fourth-order valence-electron chi connectivity index (χ4n) is 1.96. The predicted molar refractivity (Wildman–Crippen MR) is 68.8 cm³/mol. The van der Waals surface area contributed by atoms with E-state index in [-0.39, 0.29) is 12.7 Å². The maximum absolute atomic E-state index is 12.0. The van der Waals surface area contributed by atoms with E-state index in [4.69, 9.17) is 25.8 Å². The van der Waals surface area contributed by atoms with Crippen molar-refractivity contribution in [2.24, 2.45) is 0 Å². The summed E-state index contributed by atoms with van der Waals surface area (Å²) in [5.41, 5.74) is 0.491. The summed E-state index contributed by atoms with van der Waals surface area (Å²) in [4.78, 5) is 12.0. The van der Waals surface area contributed by atoms with Gasteiger partial charge in [0.1, 0.15) is 6.10 Å². The number of hydrogen-bond acceptors (Lipinski definition) is 5. The van der Waals surface area contributed by atoms with E-state index >= 15 is 0 Å². The Morgan fingerprint density at radius 2 is 2.16 bits per heavy atom. The van der Waals surface area contributed by atoms with Crippen LogP contribution in [-0.2, 0) is 9.53 Å². The zero-order valence-electron chi connectivity index (χ0n) is 10.1. The van der Waals surface area contributed by atoms with Gasteiger partial charge in [-0.05, 0) is 0 Å². The van der Waals surface area contributed by atoms with Gasteiger partial charge in [-0.15, -0.1) is 0 Å². The van der Waals surface area contributed by atoms with E-state index in [2.05, 4.69) is 10.6 Å². The van der Waals surface area contributed by atoms with Crippen LogP contribution in [0, 0.1) is 0 Å². The number of ether oxygens (including phenoxy) is 3. The molecule has 0 radical (unpaired) electrons. The minimum Gasteiger partial charge on any atom is -0.454 e. The summed E-state index contributed by atoms with van der Waals surface area (Å²) in [5.74, 6) is 0.925. The number of rotatable bonds is 2. The summed E-state index contributed by atoms with van der Waals surface area (Å²) >= 11 is 6.08. The highest BCUT2D eigenvalue weighted by Crippen LogP contribution is 2.39. The van der Waals surface area contributed by atoms with Gasteiger partial charge >= 0.3 is 0 Å².